The van der Waals surface area contributed by atoms with Crippen LogP contribution in [0.3, 0.4) is 0 Å². The fraction of sp³-hybridized carbons (Fsp3) is 0.471. The third-order valence-electron chi connectivity index (χ3n) is 3.47. The molecule has 0 saturated carbocycles. The van der Waals surface area contributed by atoms with Crippen molar-refractivity contribution < 1.29 is 19.5 Å². The van der Waals surface area contributed by atoms with Crippen LogP contribution in [-0.4, -0.2) is 41.0 Å². The Balaban J connectivity index is 2.35. The number of nitrogens with zero attached hydrogens (tertiary/aromatic N) is 2. The number of unbranched alkanes of at least 4 members (excludes halogenated alkanes) is 1. The van der Waals surface area contributed by atoms with E-state index >= 15 is 0 Å². The van der Waals surface area contributed by atoms with Crippen LogP contribution in [0.4, 0.5) is 0 Å². The van der Waals surface area contributed by atoms with E-state index in [0.717, 1.165) is 12.8 Å². The summed E-state index contributed by atoms with van der Waals surface area (Å²) in [5.74, 6) is 0.833. The van der Waals surface area contributed by atoms with Gasteiger partial charge in [-0.3, -0.25) is 0 Å². The van der Waals surface area contributed by atoms with Crippen molar-refractivity contribution in [3.8, 4) is 11.6 Å². The van der Waals surface area contributed by atoms with Gasteiger partial charge < -0.3 is 24.4 Å². The smallest absolute Gasteiger partial charge is 0.260 e. The van der Waals surface area contributed by atoms with E-state index in [1.807, 2.05) is 19.0 Å². The van der Waals surface area contributed by atoms with Crippen LogP contribution in [0.1, 0.15) is 42.8 Å². The molecule has 0 fully saturated rings. The van der Waals surface area contributed by atoms with Gasteiger partial charge in [-0.25, -0.2) is 0 Å². The van der Waals surface area contributed by atoms with E-state index in [2.05, 4.69) is 12.1 Å². The molecule has 2 rings (SSSR count). The van der Waals surface area contributed by atoms with Gasteiger partial charge in [-0.15, -0.1) is 0 Å². The lowest BCUT2D eigenvalue weighted by atomic mass is 10.0. The normalized spacial score (nSPS) is 12.6. The van der Waals surface area contributed by atoms with Gasteiger partial charge in [0.05, 0.1) is 18.7 Å². The van der Waals surface area contributed by atoms with Gasteiger partial charge in [0, 0.05) is 5.56 Å². The maximum absolute atomic E-state index is 10.7. The Morgan fingerprint density at radius 2 is 2.04 bits per heavy atom. The second-order valence-corrected chi connectivity index (χ2v) is 5.73. The first-order valence-electron chi connectivity index (χ1n) is 7.76. The summed E-state index contributed by atoms with van der Waals surface area (Å²) in [6, 6.07) is 6.67. The van der Waals surface area contributed by atoms with Crippen LogP contribution in [0.15, 0.2) is 28.8 Å². The number of ether oxygens (including phenoxy) is 1. The molecule has 6 heteroatoms. The molecule has 6 nitrogen and oxygen atoms in total. The summed E-state index contributed by atoms with van der Waals surface area (Å²) in [6.07, 6.45) is 0.830. The number of hydrogen-bond acceptors (Lipinski definition) is 6. The number of aromatic hydroxyl groups is 1. The van der Waals surface area contributed by atoms with Crippen LogP contribution in [0.2, 0.25) is 0 Å². The maximum atomic E-state index is 10.7. The molecule has 1 aromatic heterocycles. The van der Waals surface area contributed by atoms with Crippen molar-refractivity contribution in [3.05, 3.63) is 41.2 Å². The topological polar surface area (TPSA) is 79.0 Å². The number of aliphatic hydroxyl groups is 1. The summed E-state index contributed by atoms with van der Waals surface area (Å²) in [7, 11) is 3.80. The molecule has 0 aliphatic heterocycles. The molecular weight excluding hydrogens is 296 g/mol. The predicted molar refractivity (Wildman–Crippen MR) is 86.5 cm³/mol. The summed E-state index contributed by atoms with van der Waals surface area (Å²) >= 11 is 0. The van der Waals surface area contributed by atoms with Crippen molar-refractivity contribution in [1.29, 1.82) is 0 Å². The van der Waals surface area contributed by atoms with Crippen LogP contribution in [0.25, 0.3) is 0 Å². The molecule has 0 radical (unpaired) electrons. The van der Waals surface area contributed by atoms with Crippen LogP contribution >= 0.6 is 0 Å². The number of aliphatic hydroxyl groups excluding tert-OH is 1. The maximum Gasteiger partial charge on any atom is 0.260 e. The molecular formula is C17H24N2O4. The molecule has 0 unspecified atom stereocenters. The Labute approximate surface area is 136 Å². The van der Waals surface area contributed by atoms with Gasteiger partial charge in [0.1, 0.15) is 11.9 Å². The lowest BCUT2D eigenvalue weighted by molar-refractivity contribution is 0.202. The molecule has 1 aromatic carbocycles. The highest BCUT2D eigenvalue weighted by Gasteiger charge is 2.27. The van der Waals surface area contributed by atoms with Crippen molar-refractivity contribution in [2.24, 2.45) is 0 Å². The monoisotopic (exact) mass is 320 g/mol. The van der Waals surface area contributed by atoms with E-state index < -0.39 is 6.10 Å². The quantitative estimate of drug-likeness (QED) is 0.728. The van der Waals surface area contributed by atoms with Crippen molar-refractivity contribution >= 4 is 0 Å². The number of aromatic nitrogens is 1. The molecule has 0 spiro atoms. The van der Waals surface area contributed by atoms with E-state index in [-0.39, 0.29) is 11.6 Å². The fourth-order valence-electron chi connectivity index (χ4n) is 2.28. The molecule has 1 atom stereocenters. The Hall–Kier alpha value is -2.05. The minimum Gasteiger partial charge on any atom is -0.508 e. The van der Waals surface area contributed by atoms with Gasteiger partial charge in [-0.1, -0.05) is 31.5 Å². The number of rotatable bonds is 8. The number of phenolic OH excluding ortho intramolecular Hbond substituents is 1. The van der Waals surface area contributed by atoms with E-state index in [0.29, 0.717) is 30.0 Å². The van der Waals surface area contributed by atoms with Crippen molar-refractivity contribution in [3.63, 3.8) is 0 Å². The first-order valence-corrected chi connectivity index (χ1v) is 7.76. The highest BCUT2D eigenvalue weighted by atomic mass is 16.5. The van der Waals surface area contributed by atoms with Crippen LogP contribution in [-0.2, 0) is 6.54 Å². The Kier molecular flexibility index (Phi) is 6.01. The van der Waals surface area contributed by atoms with Gasteiger partial charge in [0.15, 0.2) is 5.76 Å². The Morgan fingerprint density at radius 1 is 1.30 bits per heavy atom. The predicted octanol–water partition coefficient (Wildman–Crippen LogP) is 2.70. The van der Waals surface area contributed by atoms with Crippen LogP contribution < -0.4 is 4.74 Å². The largest absolute Gasteiger partial charge is 0.508 e. The Bertz CT molecular complexity index is 625. The number of para-hydroxylation sites is 1. The average molecular weight is 320 g/mol. The summed E-state index contributed by atoms with van der Waals surface area (Å²) < 4.78 is 11.0. The summed E-state index contributed by atoms with van der Waals surface area (Å²) in [4.78, 5) is 1.91. The highest BCUT2D eigenvalue weighted by molar-refractivity contribution is 5.43. The molecule has 23 heavy (non-hydrogen) atoms. The molecule has 126 valence electrons. The summed E-state index contributed by atoms with van der Waals surface area (Å²) in [6.45, 7) is 3.05. The minimum atomic E-state index is -1.06. The molecule has 0 bridgehead atoms. The summed E-state index contributed by atoms with van der Waals surface area (Å²) in [5.41, 5.74) is 0.868. The van der Waals surface area contributed by atoms with Crippen molar-refractivity contribution in [2.75, 3.05) is 20.7 Å². The van der Waals surface area contributed by atoms with Gasteiger partial charge >= 0.3 is 0 Å². The first kappa shape index (κ1) is 17.3. The molecule has 0 aliphatic rings. The summed E-state index contributed by atoms with van der Waals surface area (Å²) in [5, 5.41) is 24.7. The highest BCUT2D eigenvalue weighted by Crippen LogP contribution is 2.36. The van der Waals surface area contributed by atoms with Gasteiger partial charge in [-0.2, -0.15) is 0 Å². The van der Waals surface area contributed by atoms with Crippen molar-refractivity contribution in [2.45, 2.75) is 32.4 Å². The van der Waals surface area contributed by atoms with E-state index in [1.54, 1.807) is 18.2 Å². The average Bonchev–Trinajstić information content (AvgIpc) is 2.89. The zero-order chi connectivity index (χ0) is 16.8. The number of hydrogen-bond donors (Lipinski definition) is 2. The number of phenols is 1. The Morgan fingerprint density at radius 3 is 2.70 bits per heavy atom. The molecule has 0 saturated heterocycles. The second kappa shape index (κ2) is 7.99. The standard InChI is InChI=1S/C17H24N2O4/c1-4-5-10-22-17-15(14(23-18-17)11-19(2)3)16(21)12-8-6-7-9-13(12)20/h6-9,16,20-21H,4-5,10-11H2,1-3H3/t16-/m1/s1. The van der Waals surface area contributed by atoms with E-state index in [4.69, 9.17) is 9.26 Å². The molecule has 0 aliphatic carbocycles. The first-order chi connectivity index (χ1) is 11.0. The molecule has 0 amide bonds. The third-order valence-corrected chi connectivity index (χ3v) is 3.47. The van der Waals surface area contributed by atoms with Crippen LogP contribution in [0.5, 0.6) is 11.6 Å². The molecule has 2 N–H and O–H groups in total. The van der Waals surface area contributed by atoms with Crippen LogP contribution in [0, 0.1) is 0 Å². The second-order valence-electron chi connectivity index (χ2n) is 5.73. The lowest BCUT2D eigenvalue weighted by Gasteiger charge is -2.15. The number of benzene rings is 1. The lowest BCUT2D eigenvalue weighted by Crippen LogP contribution is -2.13. The van der Waals surface area contributed by atoms with E-state index in [1.165, 1.54) is 6.07 Å². The molecule has 1 heterocycles. The minimum absolute atomic E-state index is 0.0245. The van der Waals surface area contributed by atoms with Crippen molar-refractivity contribution in [1.82, 2.24) is 10.1 Å². The third kappa shape index (κ3) is 4.24. The molecule has 2 aromatic rings. The fourth-order valence-corrected chi connectivity index (χ4v) is 2.28. The van der Waals surface area contributed by atoms with Gasteiger partial charge in [-0.05, 0) is 31.7 Å². The zero-order valence-corrected chi connectivity index (χ0v) is 13.8. The SMILES string of the molecule is CCCCOc1noc(CN(C)C)c1[C@H](O)c1ccccc1O. The van der Waals surface area contributed by atoms with Gasteiger partial charge in [0.25, 0.3) is 5.88 Å². The van der Waals surface area contributed by atoms with Gasteiger partial charge in [0.2, 0.25) is 0 Å². The van der Waals surface area contributed by atoms with E-state index in [9.17, 15) is 10.2 Å². The zero-order valence-electron chi connectivity index (χ0n) is 13.8.